The van der Waals surface area contributed by atoms with Gasteiger partial charge >= 0.3 is 12.1 Å². The highest BCUT2D eigenvalue weighted by Crippen LogP contribution is 2.47. The van der Waals surface area contributed by atoms with E-state index in [9.17, 15) is 9.59 Å². The highest BCUT2D eigenvalue weighted by molar-refractivity contribution is 6.30. The van der Waals surface area contributed by atoms with Crippen LogP contribution in [0.4, 0.5) is 4.79 Å². The number of alkyl carbamates (subject to hydrolysis) is 1. The summed E-state index contributed by atoms with van der Waals surface area (Å²) in [4.78, 5) is 25.4. The number of methoxy groups -OCH3 is 2. The normalized spacial score (nSPS) is 16.4. The lowest BCUT2D eigenvalue weighted by molar-refractivity contribution is -0.147. The topological polar surface area (TPSA) is 123 Å². The van der Waals surface area contributed by atoms with Crippen molar-refractivity contribution >= 4 is 23.7 Å². The van der Waals surface area contributed by atoms with Crippen LogP contribution in [0.1, 0.15) is 82.9 Å². The van der Waals surface area contributed by atoms with Gasteiger partial charge in [0.2, 0.25) is 0 Å². The molecule has 2 heterocycles. The third kappa shape index (κ3) is 7.05. The maximum absolute atomic E-state index is 12.8. The number of ether oxygens (including phenoxy) is 5. The summed E-state index contributed by atoms with van der Waals surface area (Å²) in [5, 5.41) is 12.4. The standard InChI is InChI=1S/C31H39ClN4O7/c1-9-41-24(37)16-23-27-34-35-28(31(5,6)17-33-29(38)43-30(2,3)4)36(27)21-14-13-18(32)15-20(21)25(42-23)19-11-10-12-22(39-7)26(19)40-8/h10-15,23,25H,9,16-17H2,1-8H3,(H,33,38). The average Bonchev–Trinajstić information content (AvgIpc) is 3.34. The quantitative estimate of drug-likeness (QED) is 0.295. The van der Waals surface area contributed by atoms with E-state index in [4.69, 9.17) is 35.3 Å². The summed E-state index contributed by atoms with van der Waals surface area (Å²) in [5.41, 5.74) is 0.688. The molecule has 0 bridgehead atoms. The van der Waals surface area contributed by atoms with Crippen molar-refractivity contribution in [2.75, 3.05) is 27.4 Å². The van der Waals surface area contributed by atoms with E-state index in [0.29, 0.717) is 45.0 Å². The summed E-state index contributed by atoms with van der Waals surface area (Å²) in [6, 6.07) is 11.0. The minimum absolute atomic E-state index is 0.118. The Labute approximate surface area is 256 Å². The number of nitrogens with one attached hydrogen (secondary N) is 1. The predicted molar refractivity (Wildman–Crippen MR) is 160 cm³/mol. The first-order chi connectivity index (χ1) is 20.3. The van der Waals surface area contributed by atoms with Crippen LogP contribution in [0.15, 0.2) is 36.4 Å². The fourth-order valence-electron chi connectivity index (χ4n) is 4.97. The van der Waals surface area contributed by atoms with Crippen LogP contribution in [-0.2, 0) is 24.4 Å². The molecule has 0 saturated heterocycles. The second kappa shape index (κ2) is 12.8. The number of carbonyl (C=O) groups is 2. The molecule has 0 fully saturated rings. The maximum atomic E-state index is 12.8. The second-order valence-electron chi connectivity index (χ2n) is 11.8. The van der Waals surface area contributed by atoms with Gasteiger partial charge in [-0.25, -0.2) is 4.79 Å². The van der Waals surface area contributed by atoms with Gasteiger partial charge in [0.15, 0.2) is 17.3 Å². The van der Waals surface area contributed by atoms with E-state index in [2.05, 4.69) is 15.5 Å². The summed E-state index contributed by atoms with van der Waals surface area (Å²) >= 11 is 6.56. The molecule has 1 aliphatic heterocycles. The molecule has 2 unspecified atom stereocenters. The Balaban J connectivity index is 1.89. The van der Waals surface area contributed by atoms with Crippen LogP contribution in [0.3, 0.4) is 0 Å². The molecule has 11 nitrogen and oxygen atoms in total. The van der Waals surface area contributed by atoms with E-state index in [-0.39, 0.29) is 19.6 Å². The van der Waals surface area contributed by atoms with Crippen molar-refractivity contribution in [3.8, 4) is 17.2 Å². The number of esters is 1. The number of amides is 1. The Morgan fingerprint density at radius 3 is 2.44 bits per heavy atom. The number of aromatic nitrogens is 3. The number of hydrogen-bond donors (Lipinski definition) is 1. The van der Waals surface area contributed by atoms with Crippen molar-refractivity contribution in [3.05, 3.63) is 64.2 Å². The third-order valence-electron chi connectivity index (χ3n) is 6.84. The zero-order valence-electron chi connectivity index (χ0n) is 25.8. The molecule has 0 aliphatic carbocycles. The molecule has 12 heteroatoms. The first-order valence-corrected chi connectivity index (χ1v) is 14.4. The van der Waals surface area contributed by atoms with E-state index < -0.39 is 35.3 Å². The van der Waals surface area contributed by atoms with Crippen LogP contribution in [0.5, 0.6) is 11.5 Å². The fraction of sp³-hybridized carbons (Fsp3) is 0.484. The predicted octanol–water partition coefficient (Wildman–Crippen LogP) is 5.85. The molecular formula is C31H39ClN4O7. The van der Waals surface area contributed by atoms with Gasteiger partial charge in [-0.3, -0.25) is 9.36 Å². The minimum Gasteiger partial charge on any atom is -0.493 e. The van der Waals surface area contributed by atoms with E-state index >= 15 is 0 Å². The van der Waals surface area contributed by atoms with Crippen molar-refractivity contribution in [1.82, 2.24) is 20.1 Å². The SMILES string of the molecule is CCOC(=O)CC1OC(c2cccc(OC)c2OC)c2cc(Cl)ccc2-n2c1nnc2C(C)(C)CNC(=O)OC(C)(C)C. The van der Waals surface area contributed by atoms with Gasteiger partial charge in [0.1, 0.15) is 23.6 Å². The highest BCUT2D eigenvalue weighted by atomic mass is 35.5. The number of hydrogen-bond acceptors (Lipinski definition) is 9. The summed E-state index contributed by atoms with van der Waals surface area (Å²) in [7, 11) is 3.12. The fourth-order valence-corrected chi connectivity index (χ4v) is 5.15. The summed E-state index contributed by atoms with van der Waals surface area (Å²) in [6.07, 6.45) is -2.26. The number of halogens is 1. The molecule has 0 spiro atoms. The molecule has 1 amide bonds. The number of benzene rings is 2. The van der Waals surface area contributed by atoms with E-state index in [1.54, 1.807) is 54.0 Å². The monoisotopic (exact) mass is 614 g/mol. The summed E-state index contributed by atoms with van der Waals surface area (Å²) in [5.74, 6) is 1.50. The van der Waals surface area contributed by atoms with E-state index in [1.807, 2.05) is 42.7 Å². The maximum Gasteiger partial charge on any atom is 0.407 e. The molecular weight excluding hydrogens is 576 g/mol. The largest absolute Gasteiger partial charge is 0.493 e. The van der Waals surface area contributed by atoms with Gasteiger partial charge in [0, 0.05) is 28.1 Å². The number of nitrogens with zero attached hydrogens (tertiary/aromatic N) is 3. The molecule has 1 N–H and O–H groups in total. The Kier molecular flexibility index (Phi) is 9.56. The number of rotatable bonds is 9. The molecule has 2 aromatic carbocycles. The number of para-hydroxylation sites is 1. The van der Waals surface area contributed by atoms with Crippen molar-refractivity contribution in [3.63, 3.8) is 0 Å². The molecule has 232 valence electrons. The molecule has 0 radical (unpaired) electrons. The molecule has 0 saturated carbocycles. The van der Waals surface area contributed by atoms with Crippen LogP contribution in [0, 0.1) is 0 Å². The number of fused-ring (bicyclic) bond motifs is 3. The number of carbonyl (C=O) groups excluding carboxylic acids is 2. The Hall–Kier alpha value is -3.83. The molecule has 1 aliphatic rings. The lowest BCUT2D eigenvalue weighted by atomic mass is 9.91. The highest BCUT2D eigenvalue weighted by Gasteiger charge is 2.40. The van der Waals surface area contributed by atoms with Crippen LogP contribution in [0.25, 0.3) is 5.69 Å². The van der Waals surface area contributed by atoms with E-state index in [0.717, 1.165) is 0 Å². The lowest BCUT2D eigenvalue weighted by Crippen LogP contribution is -2.41. The zero-order chi connectivity index (χ0) is 31.5. The molecule has 3 aromatic rings. The molecule has 4 rings (SSSR count). The van der Waals surface area contributed by atoms with Crippen LogP contribution in [0.2, 0.25) is 5.02 Å². The minimum atomic E-state index is -0.859. The molecule has 43 heavy (non-hydrogen) atoms. The van der Waals surface area contributed by atoms with Gasteiger partial charge < -0.3 is 29.0 Å². The van der Waals surface area contributed by atoms with Crippen LogP contribution in [-0.4, -0.2) is 59.8 Å². The Morgan fingerprint density at radius 2 is 1.79 bits per heavy atom. The van der Waals surface area contributed by atoms with Crippen LogP contribution < -0.4 is 14.8 Å². The summed E-state index contributed by atoms with van der Waals surface area (Å²) < 4.78 is 30.7. The first-order valence-electron chi connectivity index (χ1n) is 14.0. The van der Waals surface area contributed by atoms with Crippen molar-refractivity contribution < 1.29 is 33.3 Å². The zero-order valence-corrected chi connectivity index (χ0v) is 26.6. The lowest BCUT2D eigenvalue weighted by Gasteiger charge is -2.27. The van der Waals surface area contributed by atoms with Crippen molar-refractivity contribution in [2.45, 2.75) is 71.2 Å². The second-order valence-corrected chi connectivity index (χ2v) is 12.2. The van der Waals surface area contributed by atoms with Gasteiger partial charge in [-0.1, -0.05) is 37.6 Å². The van der Waals surface area contributed by atoms with Gasteiger partial charge in [0.05, 0.1) is 32.9 Å². The van der Waals surface area contributed by atoms with E-state index in [1.165, 1.54) is 0 Å². The van der Waals surface area contributed by atoms with Crippen molar-refractivity contribution in [1.29, 1.82) is 0 Å². The molecule has 1 aromatic heterocycles. The Morgan fingerprint density at radius 1 is 1.05 bits per heavy atom. The van der Waals surface area contributed by atoms with Gasteiger partial charge in [-0.15, -0.1) is 10.2 Å². The smallest absolute Gasteiger partial charge is 0.407 e. The summed E-state index contributed by atoms with van der Waals surface area (Å²) in [6.45, 7) is 11.4. The molecule has 2 atom stereocenters. The van der Waals surface area contributed by atoms with Crippen LogP contribution >= 0.6 is 11.6 Å². The first kappa shape index (κ1) is 32.1. The van der Waals surface area contributed by atoms with Crippen molar-refractivity contribution in [2.24, 2.45) is 0 Å². The van der Waals surface area contributed by atoms with Gasteiger partial charge in [0.25, 0.3) is 0 Å². The van der Waals surface area contributed by atoms with Gasteiger partial charge in [-0.05, 0) is 52.0 Å². The van der Waals surface area contributed by atoms with Gasteiger partial charge in [-0.2, -0.15) is 0 Å². The third-order valence-corrected chi connectivity index (χ3v) is 7.08. The Bertz CT molecular complexity index is 1480. The average molecular weight is 615 g/mol.